The van der Waals surface area contributed by atoms with E-state index in [2.05, 4.69) is 24.1 Å². The van der Waals surface area contributed by atoms with Gasteiger partial charge >= 0.3 is 0 Å². The van der Waals surface area contributed by atoms with E-state index < -0.39 is 0 Å². The molecule has 0 radical (unpaired) electrons. The normalized spacial score (nSPS) is 22.6. The molecule has 1 atom stereocenters. The fourth-order valence-corrected chi connectivity index (χ4v) is 2.36. The van der Waals surface area contributed by atoms with Crippen LogP contribution in [0.1, 0.15) is 46.0 Å². The maximum Gasteiger partial charge on any atom is 0.0591 e. The van der Waals surface area contributed by atoms with Gasteiger partial charge in [-0.1, -0.05) is 20.3 Å². The van der Waals surface area contributed by atoms with Crippen molar-refractivity contribution in [1.82, 2.24) is 10.2 Å². The fourth-order valence-electron chi connectivity index (χ4n) is 2.36. The Morgan fingerprint density at radius 3 is 2.82 bits per heavy atom. The molecule has 0 aromatic carbocycles. The maximum absolute atomic E-state index is 5.57. The molecular formula is C14H30N2O. The van der Waals surface area contributed by atoms with Crippen molar-refractivity contribution in [2.45, 2.75) is 52.0 Å². The monoisotopic (exact) mass is 242 g/mol. The van der Waals surface area contributed by atoms with E-state index in [0.717, 1.165) is 19.8 Å². The number of ether oxygens (including phenoxy) is 1. The Kier molecular flexibility index (Phi) is 8.67. The number of hydrogen-bond donors (Lipinski definition) is 1. The summed E-state index contributed by atoms with van der Waals surface area (Å²) in [5, 5.41) is 3.63. The van der Waals surface area contributed by atoms with Crippen molar-refractivity contribution in [1.29, 1.82) is 0 Å². The molecule has 3 nitrogen and oxygen atoms in total. The van der Waals surface area contributed by atoms with Gasteiger partial charge in [-0.15, -0.1) is 0 Å². The zero-order valence-corrected chi connectivity index (χ0v) is 11.7. The molecule has 1 N–H and O–H groups in total. The van der Waals surface area contributed by atoms with E-state index >= 15 is 0 Å². The minimum atomic E-state index is 0.710. The Balaban J connectivity index is 1.99. The predicted octanol–water partition coefficient (Wildman–Crippen LogP) is 2.27. The van der Waals surface area contributed by atoms with E-state index in [1.807, 2.05) is 0 Å². The molecule has 1 heterocycles. The first-order valence-corrected chi connectivity index (χ1v) is 7.40. The Hall–Kier alpha value is -0.120. The molecule has 17 heavy (non-hydrogen) atoms. The first kappa shape index (κ1) is 14.9. The van der Waals surface area contributed by atoms with E-state index in [0.29, 0.717) is 6.04 Å². The molecular weight excluding hydrogens is 212 g/mol. The second-order valence-electron chi connectivity index (χ2n) is 4.98. The average molecular weight is 242 g/mol. The summed E-state index contributed by atoms with van der Waals surface area (Å²) in [4.78, 5) is 2.55. The number of nitrogens with one attached hydrogen (secondary N) is 1. The molecule has 0 aromatic heterocycles. The van der Waals surface area contributed by atoms with Gasteiger partial charge in [-0.3, -0.25) is 0 Å². The van der Waals surface area contributed by atoms with Crippen molar-refractivity contribution >= 4 is 0 Å². The van der Waals surface area contributed by atoms with Crippen molar-refractivity contribution in [2.75, 3.05) is 39.4 Å². The standard InChI is InChI=1S/C14H30N2O/c1-3-5-12-17-13-9-15-14-7-6-10-16(4-2)11-8-14/h14-15H,3-13H2,1-2H3. The van der Waals surface area contributed by atoms with Crippen LogP contribution >= 0.6 is 0 Å². The van der Waals surface area contributed by atoms with Gasteiger partial charge in [0, 0.05) is 19.2 Å². The van der Waals surface area contributed by atoms with Gasteiger partial charge in [0.15, 0.2) is 0 Å². The van der Waals surface area contributed by atoms with Crippen molar-refractivity contribution < 1.29 is 4.74 Å². The third-order valence-corrected chi connectivity index (χ3v) is 3.59. The molecule has 1 aliphatic rings. The summed E-state index contributed by atoms with van der Waals surface area (Å²) in [7, 11) is 0. The smallest absolute Gasteiger partial charge is 0.0591 e. The first-order valence-electron chi connectivity index (χ1n) is 7.40. The molecule has 0 bridgehead atoms. The van der Waals surface area contributed by atoms with Crippen molar-refractivity contribution in [2.24, 2.45) is 0 Å². The van der Waals surface area contributed by atoms with Gasteiger partial charge in [0.1, 0.15) is 0 Å². The highest BCUT2D eigenvalue weighted by Gasteiger charge is 2.14. The number of hydrogen-bond acceptors (Lipinski definition) is 3. The van der Waals surface area contributed by atoms with Crippen LogP contribution in [0.25, 0.3) is 0 Å². The molecule has 0 aliphatic carbocycles. The van der Waals surface area contributed by atoms with E-state index in [-0.39, 0.29) is 0 Å². The lowest BCUT2D eigenvalue weighted by Gasteiger charge is -2.18. The quantitative estimate of drug-likeness (QED) is 0.661. The first-order chi connectivity index (χ1) is 8.36. The largest absolute Gasteiger partial charge is 0.380 e. The Bertz CT molecular complexity index is 176. The van der Waals surface area contributed by atoms with E-state index in [1.165, 1.54) is 51.7 Å². The fraction of sp³-hybridized carbons (Fsp3) is 1.00. The molecule has 1 fully saturated rings. The van der Waals surface area contributed by atoms with Crippen LogP contribution in [0.15, 0.2) is 0 Å². The van der Waals surface area contributed by atoms with Gasteiger partial charge < -0.3 is 15.0 Å². The van der Waals surface area contributed by atoms with Crippen LogP contribution in [0.5, 0.6) is 0 Å². The lowest BCUT2D eigenvalue weighted by Crippen LogP contribution is -2.33. The third kappa shape index (κ3) is 7.02. The number of likely N-dealkylation sites (tertiary alicyclic amines) is 1. The Labute approximate surface area is 107 Å². The summed E-state index contributed by atoms with van der Waals surface area (Å²) < 4.78 is 5.57. The van der Waals surface area contributed by atoms with Crippen LogP contribution in [0.4, 0.5) is 0 Å². The second kappa shape index (κ2) is 9.86. The molecule has 3 heteroatoms. The lowest BCUT2D eigenvalue weighted by atomic mass is 10.1. The zero-order chi connectivity index (χ0) is 12.3. The zero-order valence-electron chi connectivity index (χ0n) is 11.7. The molecule has 0 saturated carbocycles. The molecule has 0 amide bonds. The Morgan fingerprint density at radius 2 is 2.06 bits per heavy atom. The van der Waals surface area contributed by atoms with Gasteiger partial charge in [0.05, 0.1) is 6.61 Å². The van der Waals surface area contributed by atoms with Crippen LogP contribution in [-0.2, 0) is 4.74 Å². The summed E-state index contributed by atoms with van der Waals surface area (Å²) in [5.74, 6) is 0. The van der Waals surface area contributed by atoms with Crippen molar-refractivity contribution in [3.8, 4) is 0 Å². The highest BCUT2D eigenvalue weighted by molar-refractivity contribution is 4.74. The van der Waals surface area contributed by atoms with Gasteiger partial charge in [0.2, 0.25) is 0 Å². The molecule has 0 aromatic rings. The predicted molar refractivity (Wildman–Crippen MR) is 73.5 cm³/mol. The third-order valence-electron chi connectivity index (χ3n) is 3.59. The minimum Gasteiger partial charge on any atom is -0.380 e. The summed E-state index contributed by atoms with van der Waals surface area (Å²) in [5.41, 5.74) is 0. The number of rotatable bonds is 8. The van der Waals surface area contributed by atoms with E-state index in [1.54, 1.807) is 0 Å². The topological polar surface area (TPSA) is 24.5 Å². The van der Waals surface area contributed by atoms with Crippen LogP contribution in [-0.4, -0.2) is 50.3 Å². The summed E-state index contributed by atoms with van der Waals surface area (Å²) in [6.45, 7) is 11.0. The summed E-state index contributed by atoms with van der Waals surface area (Å²) in [6, 6.07) is 0.710. The van der Waals surface area contributed by atoms with Crippen LogP contribution in [0.2, 0.25) is 0 Å². The molecule has 0 spiro atoms. The van der Waals surface area contributed by atoms with Gasteiger partial charge in [-0.2, -0.15) is 0 Å². The maximum atomic E-state index is 5.57. The highest BCUT2D eigenvalue weighted by atomic mass is 16.5. The van der Waals surface area contributed by atoms with Crippen molar-refractivity contribution in [3.05, 3.63) is 0 Å². The molecule has 1 rings (SSSR count). The second-order valence-corrected chi connectivity index (χ2v) is 4.98. The van der Waals surface area contributed by atoms with Crippen molar-refractivity contribution in [3.63, 3.8) is 0 Å². The van der Waals surface area contributed by atoms with Crippen LogP contribution in [0.3, 0.4) is 0 Å². The molecule has 1 unspecified atom stereocenters. The SMILES string of the molecule is CCCCOCCNC1CCCN(CC)CC1. The molecule has 1 aliphatic heterocycles. The van der Waals surface area contributed by atoms with E-state index in [9.17, 15) is 0 Å². The Morgan fingerprint density at radius 1 is 1.18 bits per heavy atom. The number of nitrogens with zero attached hydrogens (tertiary/aromatic N) is 1. The number of unbranched alkanes of at least 4 members (excludes halogenated alkanes) is 1. The minimum absolute atomic E-state index is 0.710. The van der Waals surface area contributed by atoms with Gasteiger partial charge in [-0.25, -0.2) is 0 Å². The molecule has 1 saturated heterocycles. The molecule has 102 valence electrons. The summed E-state index contributed by atoms with van der Waals surface area (Å²) >= 11 is 0. The van der Waals surface area contributed by atoms with Gasteiger partial charge in [-0.05, 0) is 45.3 Å². The lowest BCUT2D eigenvalue weighted by molar-refractivity contribution is 0.130. The average Bonchev–Trinajstić information content (AvgIpc) is 2.59. The van der Waals surface area contributed by atoms with Crippen LogP contribution < -0.4 is 5.32 Å². The van der Waals surface area contributed by atoms with E-state index in [4.69, 9.17) is 4.74 Å². The highest BCUT2D eigenvalue weighted by Crippen LogP contribution is 2.10. The van der Waals surface area contributed by atoms with Crippen LogP contribution in [0, 0.1) is 0 Å². The summed E-state index contributed by atoms with van der Waals surface area (Å²) in [6.07, 6.45) is 6.37. The van der Waals surface area contributed by atoms with Gasteiger partial charge in [0.25, 0.3) is 0 Å².